The zero-order valence-electron chi connectivity index (χ0n) is 20.4. The third kappa shape index (κ3) is 5.87. The van der Waals surface area contributed by atoms with Gasteiger partial charge in [0.25, 0.3) is 5.91 Å². The number of nitrogens with zero attached hydrogens (tertiary/aromatic N) is 3. The fraction of sp³-hybridized carbons (Fsp3) is 0.440. The molecule has 3 aromatic rings. The fourth-order valence-electron chi connectivity index (χ4n) is 4.59. The summed E-state index contributed by atoms with van der Waals surface area (Å²) in [5.41, 5.74) is 1.04. The number of thiazole rings is 1. The quantitative estimate of drug-likeness (QED) is 0.354. The van der Waals surface area contributed by atoms with Crippen LogP contribution in [0.4, 0.5) is 0 Å². The van der Waals surface area contributed by atoms with Crippen LogP contribution in [0.15, 0.2) is 46.3 Å². The second-order valence-electron chi connectivity index (χ2n) is 9.18. The Balaban J connectivity index is 1.65. The number of sulfonamides is 1. The van der Waals surface area contributed by atoms with E-state index in [0.717, 1.165) is 16.6 Å². The Morgan fingerprint density at radius 3 is 2.44 bits per heavy atom. The normalized spacial score (nSPS) is 19.8. The lowest BCUT2D eigenvalue weighted by Gasteiger charge is -2.34. The monoisotopic (exact) mass is 569 g/mol. The molecule has 0 radical (unpaired) electrons. The van der Waals surface area contributed by atoms with Crippen LogP contribution in [0.3, 0.4) is 0 Å². The van der Waals surface area contributed by atoms with Crippen molar-refractivity contribution < 1.29 is 17.9 Å². The summed E-state index contributed by atoms with van der Waals surface area (Å²) in [7, 11) is -3.63. The van der Waals surface area contributed by atoms with Gasteiger partial charge in [0.2, 0.25) is 10.0 Å². The predicted octanol–water partition coefficient (Wildman–Crippen LogP) is 5.45. The van der Waals surface area contributed by atoms with E-state index in [1.54, 1.807) is 16.4 Å². The highest BCUT2D eigenvalue weighted by Gasteiger charge is 2.31. The molecule has 0 bridgehead atoms. The summed E-state index contributed by atoms with van der Waals surface area (Å²) >= 11 is 13.9. The van der Waals surface area contributed by atoms with Gasteiger partial charge in [-0.05, 0) is 61.6 Å². The van der Waals surface area contributed by atoms with Gasteiger partial charge in [0.1, 0.15) is 0 Å². The van der Waals surface area contributed by atoms with Gasteiger partial charge >= 0.3 is 0 Å². The maximum absolute atomic E-state index is 13.2. The molecule has 194 valence electrons. The smallest absolute Gasteiger partial charge is 0.279 e. The molecule has 1 saturated heterocycles. The van der Waals surface area contributed by atoms with Crippen molar-refractivity contribution >= 4 is 60.7 Å². The highest BCUT2D eigenvalue weighted by Crippen LogP contribution is 2.30. The van der Waals surface area contributed by atoms with Crippen molar-refractivity contribution in [2.24, 2.45) is 16.8 Å². The molecule has 1 aliphatic heterocycles. The van der Waals surface area contributed by atoms with Crippen molar-refractivity contribution in [3.63, 3.8) is 0 Å². The van der Waals surface area contributed by atoms with E-state index in [0.29, 0.717) is 65.1 Å². The second kappa shape index (κ2) is 11.3. The SMILES string of the molecule is CCOCCn1c(=NC(=O)c2ccc(S(=O)(=O)N3CC(C)CC(C)C3)cc2)sc2cc(Cl)cc(Cl)c21. The zero-order chi connectivity index (χ0) is 26.0. The van der Waals surface area contributed by atoms with Gasteiger partial charge in [0.15, 0.2) is 4.80 Å². The summed E-state index contributed by atoms with van der Waals surface area (Å²) in [4.78, 5) is 18.0. The third-order valence-electron chi connectivity index (χ3n) is 6.13. The zero-order valence-corrected chi connectivity index (χ0v) is 23.6. The van der Waals surface area contributed by atoms with Crippen LogP contribution in [-0.4, -0.2) is 49.5 Å². The van der Waals surface area contributed by atoms with Gasteiger partial charge in [-0.2, -0.15) is 9.30 Å². The number of hydrogen-bond acceptors (Lipinski definition) is 5. The van der Waals surface area contributed by atoms with Crippen molar-refractivity contribution in [1.29, 1.82) is 0 Å². The van der Waals surface area contributed by atoms with Gasteiger partial charge in [0, 0.05) is 36.8 Å². The largest absolute Gasteiger partial charge is 0.380 e. The maximum Gasteiger partial charge on any atom is 0.279 e. The first-order valence-electron chi connectivity index (χ1n) is 11.9. The lowest BCUT2D eigenvalue weighted by atomic mass is 9.94. The molecular weight excluding hydrogens is 541 g/mol. The van der Waals surface area contributed by atoms with Gasteiger partial charge in [0.05, 0.1) is 26.7 Å². The van der Waals surface area contributed by atoms with Crippen LogP contribution in [0.1, 0.15) is 37.6 Å². The average molecular weight is 571 g/mol. The molecule has 2 atom stereocenters. The molecule has 0 N–H and O–H groups in total. The summed E-state index contributed by atoms with van der Waals surface area (Å²) in [6, 6.07) is 9.42. The minimum atomic E-state index is -3.63. The summed E-state index contributed by atoms with van der Waals surface area (Å²) in [6.07, 6.45) is 1.01. The number of piperidine rings is 1. The number of halogens is 2. The molecule has 1 aliphatic rings. The molecule has 2 unspecified atom stereocenters. The van der Waals surface area contributed by atoms with Crippen molar-refractivity contribution in [2.75, 3.05) is 26.3 Å². The Kier molecular flexibility index (Phi) is 8.59. The highest BCUT2D eigenvalue weighted by molar-refractivity contribution is 7.89. The van der Waals surface area contributed by atoms with E-state index in [1.165, 1.54) is 35.6 Å². The van der Waals surface area contributed by atoms with Gasteiger partial charge in [-0.3, -0.25) is 4.79 Å². The minimum absolute atomic E-state index is 0.176. The van der Waals surface area contributed by atoms with Crippen LogP contribution in [0, 0.1) is 11.8 Å². The van der Waals surface area contributed by atoms with Gasteiger partial charge in [-0.15, -0.1) is 0 Å². The first kappa shape index (κ1) is 27.3. The molecule has 0 spiro atoms. The summed E-state index contributed by atoms with van der Waals surface area (Å²) in [5.74, 6) is 0.141. The Morgan fingerprint density at radius 1 is 1.14 bits per heavy atom. The number of amides is 1. The van der Waals surface area contributed by atoms with Crippen LogP contribution in [-0.2, 0) is 21.3 Å². The van der Waals surface area contributed by atoms with Gasteiger partial charge in [-0.25, -0.2) is 8.42 Å². The second-order valence-corrected chi connectivity index (χ2v) is 13.0. The van der Waals surface area contributed by atoms with Crippen molar-refractivity contribution in [1.82, 2.24) is 8.87 Å². The molecule has 0 aliphatic carbocycles. The number of rotatable bonds is 7. The number of carbonyl (C=O) groups excluding carboxylic acids is 1. The van der Waals surface area contributed by atoms with E-state index < -0.39 is 15.9 Å². The number of ether oxygens (including phenoxy) is 1. The van der Waals surface area contributed by atoms with E-state index in [-0.39, 0.29) is 4.90 Å². The molecule has 4 rings (SSSR count). The molecule has 1 amide bonds. The molecule has 2 aromatic carbocycles. The van der Waals surface area contributed by atoms with Crippen LogP contribution < -0.4 is 4.80 Å². The third-order valence-corrected chi connectivity index (χ3v) is 9.51. The maximum atomic E-state index is 13.2. The highest BCUT2D eigenvalue weighted by atomic mass is 35.5. The van der Waals surface area contributed by atoms with Crippen LogP contribution >= 0.6 is 34.5 Å². The van der Waals surface area contributed by atoms with Gasteiger partial charge in [-0.1, -0.05) is 48.4 Å². The molecule has 11 heteroatoms. The number of hydrogen-bond donors (Lipinski definition) is 0. The number of fused-ring (bicyclic) bond motifs is 1. The Morgan fingerprint density at radius 2 is 1.81 bits per heavy atom. The molecule has 7 nitrogen and oxygen atoms in total. The minimum Gasteiger partial charge on any atom is -0.380 e. The molecule has 2 heterocycles. The molecular formula is C25H29Cl2N3O4S2. The van der Waals surface area contributed by atoms with Crippen molar-refractivity contribution in [3.05, 3.63) is 56.8 Å². The van der Waals surface area contributed by atoms with Crippen LogP contribution in [0.5, 0.6) is 0 Å². The van der Waals surface area contributed by atoms with Crippen LogP contribution in [0.25, 0.3) is 10.2 Å². The topological polar surface area (TPSA) is 81.0 Å². The van der Waals surface area contributed by atoms with E-state index in [4.69, 9.17) is 27.9 Å². The molecule has 0 saturated carbocycles. The summed E-state index contributed by atoms with van der Waals surface area (Å²) in [5, 5.41) is 0.966. The fourth-order valence-corrected chi connectivity index (χ4v) is 8.11. The van der Waals surface area contributed by atoms with E-state index >= 15 is 0 Å². The number of benzene rings is 2. The average Bonchev–Trinajstić information content (AvgIpc) is 3.15. The van der Waals surface area contributed by atoms with E-state index in [2.05, 4.69) is 18.8 Å². The number of carbonyl (C=O) groups is 1. The molecule has 1 fully saturated rings. The lowest BCUT2D eigenvalue weighted by Crippen LogP contribution is -2.42. The predicted molar refractivity (Wildman–Crippen MR) is 144 cm³/mol. The number of aromatic nitrogens is 1. The first-order chi connectivity index (χ1) is 17.1. The summed E-state index contributed by atoms with van der Waals surface area (Å²) in [6.45, 7) is 8.51. The Bertz CT molecular complexity index is 1420. The standard InChI is InChI=1S/C25H29Cl2N3O4S2/c1-4-34-10-9-30-23-21(27)12-19(26)13-22(23)35-25(30)28-24(31)18-5-7-20(8-6-18)36(32,33)29-14-16(2)11-17(3)15-29/h5-8,12-13,16-17H,4,9-11,14-15H2,1-3H3. The Hall–Kier alpha value is -1.75. The molecule has 36 heavy (non-hydrogen) atoms. The van der Waals surface area contributed by atoms with E-state index in [1.807, 2.05) is 11.5 Å². The van der Waals surface area contributed by atoms with Crippen molar-refractivity contribution in [2.45, 2.75) is 38.6 Å². The van der Waals surface area contributed by atoms with E-state index in [9.17, 15) is 13.2 Å². The van der Waals surface area contributed by atoms with Gasteiger partial charge < -0.3 is 9.30 Å². The van der Waals surface area contributed by atoms with Crippen LogP contribution in [0.2, 0.25) is 10.0 Å². The van der Waals surface area contributed by atoms with Crippen molar-refractivity contribution in [3.8, 4) is 0 Å². The summed E-state index contributed by atoms with van der Waals surface area (Å²) < 4.78 is 36.0. The lowest BCUT2D eigenvalue weighted by molar-refractivity contribution is 0.0996. The Labute approximate surface area is 225 Å². The molecule has 1 aromatic heterocycles. The first-order valence-corrected chi connectivity index (χ1v) is 14.9.